The minimum atomic E-state index is -3.00. The molecule has 0 unspecified atom stereocenters. The molecule has 0 N–H and O–H groups in total. The van der Waals surface area contributed by atoms with Crippen LogP contribution in [0.1, 0.15) is 13.8 Å². The number of nitrogens with zero attached hydrogens (tertiary/aromatic N) is 1. The first-order chi connectivity index (χ1) is 16.4. The van der Waals surface area contributed by atoms with Gasteiger partial charge in [-0.05, 0) is 13.8 Å². The quantitative estimate of drug-likeness (QED) is 0.287. The number of hydrogen-bond donors (Lipinski definition) is 0. The fourth-order valence-electron chi connectivity index (χ4n) is 4.18. The molecule has 5 heteroatoms. The Balaban J connectivity index is 1.79. The average molecular weight is 488 g/mol. The van der Waals surface area contributed by atoms with Crippen LogP contribution in [0.2, 0.25) is 0 Å². The second-order valence-electron chi connectivity index (χ2n) is 8.79. The van der Waals surface area contributed by atoms with Gasteiger partial charge in [-0.15, -0.1) is 0 Å². The van der Waals surface area contributed by atoms with Gasteiger partial charge in [-0.1, -0.05) is 121 Å². The van der Waals surface area contributed by atoms with E-state index in [-0.39, 0.29) is 6.04 Å². The van der Waals surface area contributed by atoms with Crippen LogP contribution in [-0.4, -0.2) is 23.5 Å². The normalized spacial score (nSPS) is 12.2. The molecule has 0 amide bonds. The fraction of sp³-hybridized carbons (Fsp3) is 0.172. The van der Waals surface area contributed by atoms with E-state index in [2.05, 4.69) is 18.7 Å². The van der Waals surface area contributed by atoms with Crippen LogP contribution < -0.4 is 21.2 Å². The molecule has 34 heavy (non-hydrogen) atoms. The van der Waals surface area contributed by atoms with Crippen molar-refractivity contribution >= 4 is 35.5 Å². The monoisotopic (exact) mass is 487 g/mol. The van der Waals surface area contributed by atoms with E-state index in [1.165, 1.54) is 0 Å². The molecule has 0 heterocycles. The summed E-state index contributed by atoms with van der Waals surface area (Å²) in [4.78, 5) is 2.14. The third-order valence-corrected chi connectivity index (χ3v) is 12.2. The Labute approximate surface area is 203 Å². The van der Waals surface area contributed by atoms with E-state index in [1.54, 1.807) is 0 Å². The van der Waals surface area contributed by atoms with Crippen molar-refractivity contribution in [2.75, 3.05) is 12.6 Å². The summed E-state index contributed by atoms with van der Waals surface area (Å²) in [7, 11) is -6.00. The summed E-state index contributed by atoms with van der Waals surface area (Å²) in [5.74, 6) is 0. The zero-order valence-corrected chi connectivity index (χ0v) is 21.5. The SMILES string of the molecule is CC(C)N(CP(=O)(c1ccccc1)c1ccccc1)CP(=O)(c1ccccc1)c1ccccc1. The fourth-order valence-corrected chi connectivity index (χ4v) is 10.1. The van der Waals surface area contributed by atoms with E-state index in [4.69, 9.17) is 0 Å². The molecule has 0 aliphatic carbocycles. The molecule has 0 saturated heterocycles. The van der Waals surface area contributed by atoms with Gasteiger partial charge in [0.15, 0.2) is 14.3 Å². The van der Waals surface area contributed by atoms with Crippen molar-refractivity contribution in [3.63, 3.8) is 0 Å². The summed E-state index contributed by atoms with van der Waals surface area (Å²) in [5, 5.41) is 3.28. The predicted molar refractivity (Wildman–Crippen MR) is 146 cm³/mol. The molecule has 0 bridgehead atoms. The highest BCUT2D eigenvalue weighted by atomic mass is 31.2. The zero-order chi connectivity index (χ0) is 24.0. The van der Waals surface area contributed by atoms with Gasteiger partial charge in [0.05, 0.1) is 12.6 Å². The summed E-state index contributed by atoms with van der Waals surface area (Å²) < 4.78 is 29.5. The first kappa shape index (κ1) is 24.4. The Bertz CT molecular complexity index is 1090. The minimum Gasteiger partial charge on any atom is -0.312 e. The van der Waals surface area contributed by atoms with Crippen LogP contribution in [0.5, 0.6) is 0 Å². The zero-order valence-electron chi connectivity index (χ0n) is 19.7. The summed E-state index contributed by atoms with van der Waals surface area (Å²) >= 11 is 0. The molecule has 0 radical (unpaired) electrons. The van der Waals surface area contributed by atoms with E-state index < -0.39 is 14.3 Å². The maximum atomic E-state index is 14.8. The molecule has 0 aliphatic heterocycles. The summed E-state index contributed by atoms with van der Waals surface area (Å²) in [6.07, 6.45) is 0.644. The molecule has 4 aromatic rings. The van der Waals surface area contributed by atoms with E-state index in [9.17, 15) is 9.13 Å². The third-order valence-electron chi connectivity index (χ3n) is 6.19. The Hall–Kier alpha value is -2.70. The van der Waals surface area contributed by atoms with Crippen molar-refractivity contribution in [3.05, 3.63) is 121 Å². The van der Waals surface area contributed by atoms with Crippen LogP contribution in [-0.2, 0) is 9.13 Å². The topological polar surface area (TPSA) is 37.4 Å². The molecule has 0 aromatic heterocycles. The van der Waals surface area contributed by atoms with Crippen molar-refractivity contribution in [1.29, 1.82) is 0 Å². The standard InChI is InChI=1S/C29H31NO2P2/c1-25(2)30(23-33(31,26-15-7-3-8-16-26)27-17-9-4-10-18-27)24-34(32,28-19-11-5-12-20-28)29-21-13-6-14-22-29/h3-22,25H,23-24H2,1-2H3. The molecular weight excluding hydrogens is 456 g/mol. The van der Waals surface area contributed by atoms with Gasteiger partial charge in [0.2, 0.25) is 0 Å². The van der Waals surface area contributed by atoms with Crippen molar-refractivity contribution in [3.8, 4) is 0 Å². The molecule has 174 valence electrons. The first-order valence-corrected chi connectivity index (χ1v) is 15.4. The highest BCUT2D eigenvalue weighted by Crippen LogP contribution is 2.49. The lowest BCUT2D eigenvalue weighted by Gasteiger charge is -2.34. The predicted octanol–water partition coefficient (Wildman–Crippen LogP) is 5.64. The summed E-state index contributed by atoms with van der Waals surface area (Å²) in [6, 6.07) is 38.9. The van der Waals surface area contributed by atoms with E-state index in [0.717, 1.165) is 21.2 Å². The van der Waals surface area contributed by atoms with Crippen LogP contribution in [0.3, 0.4) is 0 Å². The van der Waals surface area contributed by atoms with Gasteiger partial charge in [-0.3, -0.25) is 4.90 Å². The Morgan fingerprint density at radius 3 is 0.941 bits per heavy atom. The Morgan fingerprint density at radius 2 is 0.735 bits per heavy atom. The minimum absolute atomic E-state index is 0.0569. The van der Waals surface area contributed by atoms with Gasteiger partial charge in [-0.25, -0.2) is 0 Å². The Morgan fingerprint density at radius 1 is 0.500 bits per heavy atom. The van der Waals surface area contributed by atoms with Crippen LogP contribution in [0, 0.1) is 0 Å². The molecule has 4 aromatic carbocycles. The number of benzene rings is 4. The van der Waals surface area contributed by atoms with Crippen LogP contribution >= 0.6 is 14.3 Å². The lowest BCUT2D eigenvalue weighted by Crippen LogP contribution is -2.39. The number of hydrogen-bond acceptors (Lipinski definition) is 3. The van der Waals surface area contributed by atoms with E-state index in [0.29, 0.717) is 12.6 Å². The molecule has 0 fully saturated rings. The molecule has 0 saturated carbocycles. The first-order valence-electron chi connectivity index (χ1n) is 11.6. The highest BCUT2D eigenvalue weighted by molar-refractivity contribution is 7.79. The lowest BCUT2D eigenvalue weighted by molar-refractivity contribution is 0.296. The smallest absolute Gasteiger partial charge is 0.156 e. The van der Waals surface area contributed by atoms with Crippen molar-refractivity contribution in [1.82, 2.24) is 4.90 Å². The molecular formula is C29H31NO2P2. The second-order valence-corrected chi connectivity index (χ2v) is 14.4. The van der Waals surface area contributed by atoms with Crippen molar-refractivity contribution in [2.45, 2.75) is 19.9 Å². The van der Waals surface area contributed by atoms with E-state index in [1.807, 2.05) is 121 Å². The third kappa shape index (κ3) is 5.18. The summed E-state index contributed by atoms with van der Waals surface area (Å²) in [5.41, 5.74) is 0. The Kier molecular flexibility index (Phi) is 7.69. The maximum Gasteiger partial charge on any atom is 0.156 e. The molecule has 0 atom stereocenters. The van der Waals surface area contributed by atoms with Crippen molar-refractivity contribution < 1.29 is 9.13 Å². The maximum absolute atomic E-state index is 14.8. The van der Waals surface area contributed by atoms with Gasteiger partial charge >= 0.3 is 0 Å². The largest absolute Gasteiger partial charge is 0.312 e. The van der Waals surface area contributed by atoms with Crippen molar-refractivity contribution in [2.24, 2.45) is 0 Å². The molecule has 4 rings (SSSR count). The highest BCUT2D eigenvalue weighted by Gasteiger charge is 2.36. The van der Waals surface area contributed by atoms with Crippen LogP contribution in [0.25, 0.3) is 0 Å². The van der Waals surface area contributed by atoms with Crippen LogP contribution in [0.4, 0.5) is 0 Å². The molecule has 0 spiro atoms. The summed E-state index contributed by atoms with van der Waals surface area (Å²) in [6.45, 7) is 4.17. The van der Waals surface area contributed by atoms with Gasteiger partial charge in [0, 0.05) is 27.3 Å². The number of rotatable bonds is 9. The van der Waals surface area contributed by atoms with Crippen LogP contribution in [0.15, 0.2) is 121 Å². The molecule has 0 aliphatic rings. The van der Waals surface area contributed by atoms with Gasteiger partial charge in [0.25, 0.3) is 0 Å². The lowest BCUT2D eigenvalue weighted by atomic mass is 10.4. The second kappa shape index (κ2) is 10.7. The molecule has 3 nitrogen and oxygen atoms in total. The van der Waals surface area contributed by atoms with Gasteiger partial charge < -0.3 is 9.13 Å². The van der Waals surface area contributed by atoms with Gasteiger partial charge in [0.1, 0.15) is 0 Å². The average Bonchev–Trinajstić information content (AvgIpc) is 2.90. The van der Waals surface area contributed by atoms with Gasteiger partial charge in [-0.2, -0.15) is 0 Å². The van der Waals surface area contributed by atoms with E-state index >= 15 is 0 Å².